The van der Waals surface area contributed by atoms with E-state index in [-0.39, 0.29) is 34.8 Å². The van der Waals surface area contributed by atoms with Gasteiger partial charge in [-0.15, -0.1) is 0 Å². The van der Waals surface area contributed by atoms with Crippen molar-refractivity contribution in [3.05, 3.63) is 130 Å². The van der Waals surface area contributed by atoms with E-state index in [2.05, 4.69) is 0 Å². The number of sulfone groups is 2. The predicted molar refractivity (Wildman–Crippen MR) is 174 cm³/mol. The molecule has 2 saturated carbocycles. The molecule has 0 aliphatic heterocycles. The molecule has 0 saturated heterocycles. The first kappa shape index (κ1) is 30.8. The zero-order valence-electron chi connectivity index (χ0n) is 24.6. The third-order valence-electron chi connectivity index (χ3n) is 9.59. The lowest BCUT2D eigenvalue weighted by atomic mass is 9.61. The van der Waals surface area contributed by atoms with Crippen molar-refractivity contribution in [2.24, 2.45) is 11.8 Å². The van der Waals surface area contributed by atoms with Crippen molar-refractivity contribution >= 4 is 37.1 Å². The number of benzene rings is 4. The maximum atomic E-state index is 14.7. The lowest BCUT2D eigenvalue weighted by Gasteiger charge is -2.48. The lowest BCUT2D eigenvalue weighted by Crippen LogP contribution is -2.53. The average molecular weight is 647 g/mol. The summed E-state index contributed by atoms with van der Waals surface area (Å²) in [6.07, 6.45) is 0.328. The average Bonchev–Trinajstić information content (AvgIpc) is 3.01. The Morgan fingerprint density at radius 1 is 0.614 bits per heavy atom. The highest BCUT2D eigenvalue weighted by Gasteiger charge is 2.56. The molecule has 228 valence electrons. The van der Waals surface area contributed by atoms with E-state index in [1.807, 2.05) is 44.2 Å². The van der Waals surface area contributed by atoms with Crippen LogP contribution >= 0.6 is 11.6 Å². The number of ketones is 1. The van der Waals surface area contributed by atoms with Crippen LogP contribution in [0.25, 0.3) is 0 Å². The summed E-state index contributed by atoms with van der Waals surface area (Å²) in [6, 6.07) is 30.1. The van der Waals surface area contributed by atoms with Crippen molar-refractivity contribution in [1.82, 2.24) is 0 Å². The van der Waals surface area contributed by atoms with E-state index in [4.69, 9.17) is 11.6 Å². The van der Waals surface area contributed by atoms with Gasteiger partial charge in [-0.1, -0.05) is 89.5 Å². The molecule has 2 aliphatic carbocycles. The molecule has 4 aromatic rings. The summed E-state index contributed by atoms with van der Waals surface area (Å²) in [5.74, 6) is -2.50. The number of carbonyl (C=O) groups is 1. The Balaban J connectivity index is 1.52. The number of hydrogen-bond acceptors (Lipinski definition) is 5. The van der Waals surface area contributed by atoms with Crippen LogP contribution in [0, 0.1) is 25.7 Å². The topological polar surface area (TPSA) is 85.3 Å². The van der Waals surface area contributed by atoms with E-state index in [0.29, 0.717) is 10.6 Å². The van der Waals surface area contributed by atoms with Gasteiger partial charge in [-0.05, 0) is 80.1 Å². The zero-order chi connectivity index (χ0) is 31.2. The van der Waals surface area contributed by atoms with Crippen molar-refractivity contribution in [2.45, 2.75) is 65.2 Å². The molecule has 2 fully saturated rings. The minimum Gasteiger partial charge on any atom is -0.299 e. The number of fused-ring (bicyclic) bond motifs is 1. The van der Waals surface area contributed by atoms with Crippen LogP contribution in [-0.2, 0) is 24.5 Å². The van der Waals surface area contributed by atoms with Gasteiger partial charge in [-0.25, -0.2) is 16.8 Å². The van der Waals surface area contributed by atoms with Gasteiger partial charge in [-0.2, -0.15) is 0 Å². The molecule has 0 amide bonds. The number of Topliss-reactive ketones (excluding diaryl/α,β-unsaturated/α-hetero) is 1. The SMILES string of the molecule is Cc1ccc([C@@H]2C[C@@H]3C(S(=O)(=O)c4ccc(C)cc4)[C@H](c4cccc(Cl)c4)CC(=O)[C@@H]3CC2S(=O)(=O)c2ccccc2)cc1. The fourth-order valence-corrected chi connectivity index (χ4v) is 11.9. The number of rotatable bonds is 6. The largest absolute Gasteiger partial charge is 0.299 e. The Morgan fingerprint density at radius 2 is 1.23 bits per heavy atom. The third-order valence-corrected chi connectivity index (χ3v) is 14.4. The fraction of sp³-hybridized carbons (Fsp3) is 0.306. The van der Waals surface area contributed by atoms with Crippen LogP contribution < -0.4 is 0 Å². The van der Waals surface area contributed by atoms with Crippen molar-refractivity contribution in [1.29, 1.82) is 0 Å². The molecule has 0 spiro atoms. The summed E-state index contributed by atoms with van der Waals surface area (Å²) in [5.41, 5.74) is 3.52. The molecule has 44 heavy (non-hydrogen) atoms. The van der Waals surface area contributed by atoms with Crippen LogP contribution in [0.15, 0.2) is 113 Å². The number of halogens is 1. The smallest absolute Gasteiger partial charge is 0.182 e. The zero-order valence-corrected chi connectivity index (χ0v) is 27.0. The Morgan fingerprint density at radius 3 is 1.86 bits per heavy atom. The molecule has 0 N–H and O–H groups in total. The summed E-state index contributed by atoms with van der Waals surface area (Å²) in [5, 5.41) is -1.33. The van der Waals surface area contributed by atoms with E-state index in [1.54, 1.807) is 72.8 Å². The molecule has 6 atom stereocenters. The second kappa shape index (κ2) is 11.9. The van der Waals surface area contributed by atoms with Crippen LogP contribution in [0.1, 0.15) is 53.4 Å². The highest BCUT2D eigenvalue weighted by molar-refractivity contribution is 7.92. The predicted octanol–water partition coefficient (Wildman–Crippen LogP) is 7.51. The first-order valence-electron chi connectivity index (χ1n) is 14.9. The van der Waals surface area contributed by atoms with Crippen LogP contribution in [0.5, 0.6) is 0 Å². The lowest BCUT2D eigenvalue weighted by molar-refractivity contribution is -0.128. The van der Waals surface area contributed by atoms with Gasteiger partial charge in [0.15, 0.2) is 19.7 Å². The first-order chi connectivity index (χ1) is 21.0. The second-order valence-electron chi connectivity index (χ2n) is 12.3. The third kappa shape index (κ3) is 5.66. The van der Waals surface area contributed by atoms with Gasteiger partial charge in [-0.3, -0.25) is 4.79 Å². The summed E-state index contributed by atoms with van der Waals surface area (Å²) in [6.45, 7) is 3.87. The van der Waals surface area contributed by atoms with Crippen molar-refractivity contribution in [3.8, 4) is 0 Å². The van der Waals surface area contributed by atoms with E-state index in [1.165, 1.54) is 0 Å². The van der Waals surface area contributed by atoms with Gasteiger partial charge >= 0.3 is 0 Å². The first-order valence-corrected chi connectivity index (χ1v) is 18.4. The van der Waals surface area contributed by atoms with E-state index in [0.717, 1.165) is 16.7 Å². The van der Waals surface area contributed by atoms with Crippen molar-refractivity contribution in [3.63, 3.8) is 0 Å². The van der Waals surface area contributed by atoms with Gasteiger partial charge in [0.1, 0.15) is 5.78 Å². The Kier molecular flexibility index (Phi) is 8.33. The molecule has 4 aromatic carbocycles. The molecule has 2 unspecified atom stereocenters. The Labute approximate surface area is 265 Å². The fourth-order valence-electron chi connectivity index (χ4n) is 7.38. The number of carbonyl (C=O) groups excluding carboxylic acids is 1. The van der Waals surface area contributed by atoms with Crippen molar-refractivity contribution < 1.29 is 21.6 Å². The molecule has 5 nitrogen and oxygen atoms in total. The molecule has 0 bridgehead atoms. The van der Waals surface area contributed by atoms with E-state index in [9.17, 15) is 21.6 Å². The standard InChI is InChI=1S/C36H35ClO5S2/c1-23-11-15-25(16-12-23)30-20-33-32(22-35(30)43(39,40)28-9-4-3-5-10-28)34(38)21-31(26-7-6-8-27(37)19-26)36(33)44(41,42)29-17-13-24(2)14-18-29/h3-19,30-33,35-36H,20-22H2,1-2H3/t30-,31-,32+,33-,35?,36?/m0/s1. The maximum absolute atomic E-state index is 14.7. The van der Waals surface area contributed by atoms with Crippen molar-refractivity contribution in [2.75, 3.05) is 0 Å². The molecule has 6 rings (SSSR count). The minimum absolute atomic E-state index is 0.00453. The summed E-state index contributed by atoms with van der Waals surface area (Å²) in [4.78, 5) is 14.4. The number of aryl methyl sites for hydroxylation is 2. The normalized spacial score (nSPS) is 25.8. The van der Waals surface area contributed by atoms with Gasteiger partial charge < -0.3 is 0 Å². The minimum atomic E-state index is -3.94. The van der Waals surface area contributed by atoms with E-state index >= 15 is 0 Å². The second-order valence-corrected chi connectivity index (χ2v) is 17.0. The van der Waals surface area contributed by atoms with Gasteiger partial charge in [0.25, 0.3) is 0 Å². The van der Waals surface area contributed by atoms with E-state index < -0.39 is 53.8 Å². The maximum Gasteiger partial charge on any atom is 0.182 e. The quantitative estimate of drug-likeness (QED) is 0.216. The van der Waals surface area contributed by atoms with Gasteiger partial charge in [0, 0.05) is 29.2 Å². The Bertz CT molecular complexity index is 1890. The number of hydrogen-bond donors (Lipinski definition) is 0. The summed E-state index contributed by atoms with van der Waals surface area (Å²) >= 11 is 6.38. The highest BCUT2D eigenvalue weighted by atomic mass is 35.5. The molecule has 8 heteroatoms. The van der Waals surface area contributed by atoms with Crippen LogP contribution in [0.4, 0.5) is 0 Å². The van der Waals surface area contributed by atoms with Gasteiger partial charge in [0.2, 0.25) is 0 Å². The molecule has 0 aromatic heterocycles. The van der Waals surface area contributed by atoms with Crippen LogP contribution in [0.2, 0.25) is 5.02 Å². The summed E-state index contributed by atoms with van der Waals surface area (Å²) in [7, 11) is -7.79. The van der Waals surface area contributed by atoms with Crippen LogP contribution in [0.3, 0.4) is 0 Å². The monoisotopic (exact) mass is 646 g/mol. The Hall–Kier alpha value is -3.26. The van der Waals surface area contributed by atoms with Crippen LogP contribution in [-0.4, -0.2) is 33.1 Å². The van der Waals surface area contributed by atoms with Gasteiger partial charge in [0.05, 0.1) is 20.3 Å². The highest BCUT2D eigenvalue weighted by Crippen LogP contribution is 2.54. The molecule has 2 aliphatic rings. The molecular weight excluding hydrogens is 612 g/mol. The molecule has 0 heterocycles. The molecule has 0 radical (unpaired) electrons. The summed E-state index contributed by atoms with van der Waals surface area (Å²) < 4.78 is 57.8. The molecular formula is C36H35ClO5S2.